The zero-order valence-electron chi connectivity index (χ0n) is 15.1. The maximum atomic E-state index is 12.8. The summed E-state index contributed by atoms with van der Waals surface area (Å²) in [7, 11) is 1.82. The van der Waals surface area contributed by atoms with E-state index in [9.17, 15) is 4.79 Å². The lowest BCUT2D eigenvalue weighted by atomic mass is 10.1. The molecule has 7 nitrogen and oxygen atoms in total. The number of anilines is 2. The number of hydrogen-bond acceptors (Lipinski definition) is 5. The Morgan fingerprint density at radius 3 is 2.92 bits per heavy atom. The van der Waals surface area contributed by atoms with Crippen molar-refractivity contribution in [3.8, 4) is 0 Å². The molecule has 1 aliphatic heterocycles. The average Bonchev–Trinajstić information content (AvgIpc) is 3.24. The van der Waals surface area contributed by atoms with Crippen LogP contribution in [-0.2, 0) is 20.0 Å². The molecule has 2 aromatic heterocycles. The van der Waals surface area contributed by atoms with Crippen LogP contribution in [0.1, 0.15) is 33.1 Å². The number of fused-ring (bicyclic) bond motifs is 1. The van der Waals surface area contributed by atoms with Crippen LogP contribution in [0.3, 0.4) is 0 Å². The van der Waals surface area contributed by atoms with Crippen LogP contribution in [0, 0.1) is 13.8 Å². The molecular weight excluding hydrogens is 330 g/mol. The van der Waals surface area contributed by atoms with Crippen LogP contribution in [0.25, 0.3) is 0 Å². The molecule has 134 valence electrons. The molecule has 0 saturated heterocycles. The highest BCUT2D eigenvalue weighted by Gasteiger charge is 2.29. The molecule has 1 aliphatic rings. The SMILES string of the molecule is Cc1cccc(Nc2noc3c2CN(C(=O)c2nccn2C)CC3)c1C. The first-order valence-electron chi connectivity index (χ1n) is 8.62. The van der Waals surface area contributed by atoms with Gasteiger partial charge in [-0.2, -0.15) is 0 Å². The fourth-order valence-electron chi connectivity index (χ4n) is 3.21. The molecule has 0 radical (unpaired) electrons. The molecule has 1 aromatic carbocycles. The number of aromatic nitrogens is 3. The number of nitrogens with one attached hydrogen (secondary N) is 1. The van der Waals surface area contributed by atoms with E-state index in [1.165, 1.54) is 11.1 Å². The van der Waals surface area contributed by atoms with Gasteiger partial charge in [0.05, 0.1) is 12.1 Å². The van der Waals surface area contributed by atoms with Crippen molar-refractivity contribution in [2.75, 3.05) is 11.9 Å². The molecule has 3 heterocycles. The van der Waals surface area contributed by atoms with Crippen LogP contribution in [0.4, 0.5) is 11.5 Å². The average molecular weight is 351 g/mol. The van der Waals surface area contributed by atoms with Gasteiger partial charge in [-0.1, -0.05) is 17.3 Å². The molecule has 0 unspecified atom stereocenters. The Hall–Kier alpha value is -3.09. The lowest BCUT2D eigenvalue weighted by molar-refractivity contribution is 0.0713. The highest BCUT2D eigenvalue weighted by molar-refractivity contribution is 5.91. The maximum Gasteiger partial charge on any atom is 0.290 e. The Bertz CT molecular complexity index is 972. The number of aryl methyl sites for hydroxylation is 2. The number of amides is 1. The van der Waals surface area contributed by atoms with Gasteiger partial charge < -0.3 is 19.3 Å². The Morgan fingerprint density at radius 2 is 2.15 bits per heavy atom. The molecule has 0 spiro atoms. The summed E-state index contributed by atoms with van der Waals surface area (Å²) in [5, 5.41) is 7.56. The number of hydrogen-bond donors (Lipinski definition) is 1. The number of benzene rings is 1. The molecule has 1 N–H and O–H groups in total. The lowest BCUT2D eigenvalue weighted by Gasteiger charge is -2.26. The lowest BCUT2D eigenvalue weighted by Crippen LogP contribution is -2.37. The molecule has 0 bridgehead atoms. The summed E-state index contributed by atoms with van der Waals surface area (Å²) >= 11 is 0. The maximum absolute atomic E-state index is 12.8. The monoisotopic (exact) mass is 351 g/mol. The van der Waals surface area contributed by atoms with Crippen LogP contribution in [0.5, 0.6) is 0 Å². The van der Waals surface area contributed by atoms with Gasteiger partial charge in [0.25, 0.3) is 5.91 Å². The summed E-state index contributed by atoms with van der Waals surface area (Å²) in [6.45, 7) is 5.20. The van der Waals surface area contributed by atoms with Crippen LogP contribution in [0.2, 0.25) is 0 Å². The first-order valence-corrected chi connectivity index (χ1v) is 8.62. The van der Waals surface area contributed by atoms with Gasteiger partial charge in [0.2, 0.25) is 0 Å². The van der Waals surface area contributed by atoms with Gasteiger partial charge in [-0.05, 0) is 31.0 Å². The number of rotatable bonds is 3. The van der Waals surface area contributed by atoms with Crippen LogP contribution >= 0.6 is 0 Å². The van der Waals surface area contributed by atoms with E-state index in [1.807, 2.05) is 19.2 Å². The molecule has 1 amide bonds. The van der Waals surface area contributed by atoms with E-state index >= 15 is 0 Å². The van der Waals surface area contributed by atoms with E-state index in [2.05, 4.69) is 35.4 Å². The first-order chi connectivity index (χ1) is 12.5. The van der Waals surface area contributed by atoms with Gasteiger partial charge in [-0.25, -0.2) is 4.98 Å². The van der Waals surface area contributed by atoms with Crippen molar-refractivity contribution in [1.82, 2.24) is 19.6 Å². The summed E-state index contributed by atoms with van der Waals surface area (Å²) in [5.74, 6) is 1.86. The van der Waals surface area contributed by atoms with Crippen LogP contribution in [-0.4, -0.2) is 32.1 Å². The quantitative estimate of drug-likeness (QED) is 0.785. The van der Waals surface area contributed by atoms with Crippen molar-refractivity contribution in [3.63, 3.8) is 0 Å². The number of carbonyl (C=O) groups is 1. The molecule has 4 rings (SSSR count). The zero-order chi connectivity index (χ0) is 18.3. The van der Waals surface area contributed by atoms with Crippen molar-refractivity contribution in [2.24, 2.45) is 7.05 Å². The van der Waals surface area contributed by atoms with Gasteiger partial charge in [-0.3, -0.25) is 4.79 Å². The Morgan fingerprint density at radius 1 is 1.31 bits per heavy atom. The van der Waals surface area contributed by atoms with E-state index in [4.69, 9.17) is 4.52 Å². The van der Waals surface area contributed by atoms with Gasteiger partial charge in [-0.15, -0.1) is 0 Å². The summed E-state index contributed by atoms with van der Waals surface area (Å²) in [6, 6.07) is 6.10. The fraction of sp³-hybridized carbons (Fsp3) is 0.316. The van der Waals surface area contributed by atoms with E-state index in [0.717, 1.165) is 17.0 Å². The minimum absolute atomic E-state index is 0.0814. The van der Waals surface area contributed by atoms with E-state index in [1.54, 1.807) is 21.9 Å². The third-order valence-corrected chi connectivity index (χ3v) is 4.98. The molecule has 0 atom stereocenters. The molecule has 0 saturated carbocycles. The number of imidazole rings is 1. The smallest absolute Gasteiger partial charge is 0.290 e. The predicted octanol–water partition coefficient (Wildman–Crippen LogP) is 2.97. The third-order valence-electron chi connectivity index (χ3n) is 4.98. The second-order valence-corrected chi connectivity index (χ2v) is 6.64. The van der Waals surface area contributed by atoms with Gasteiger partial charge in [0.1, 0.15) is 5.76 Å². The van der Waals surface area contributed by atoms with Gasteiger partial charge >= 0.3 is 0 Å². The molecule has 3 aromatic rings. The molecule has 0 fully saturated rings. The molecule has 0 aliphatic carbocycles. The second kappa shape index (κ2) is 6.33. The predicted molar refractivity (Wildman–Crippen MR) is 97.4 cm³/mol. The summed E-state index contributed by atoms with van der Waals surface area (Å²) in [5.41, 5.74) is 4.30. The highest BCUT2D eigenvalue weighted by Crippen LogP contribution is 2.30. The Kier molecular flexibility index (Phi) is 3.99. The topological polar surface area (TPSA) is 76.2 Å². The minimum Gasteiger partial charge on any atom is -0.359 e. The van der Waals surface area contributed by atoms with E-state index < -0.39 is 0 Å². The Balaban J connectivity index is 1.59. The van der Waals surface area contributed by atoms with Crippen molar-refractivity contribution < 1.29 is 9.32 Å². The summed E-state index contributed by atoms with van der Waals surface area (Å²) < 4.78 is 7.24. The minimum atomic E-state index is -0.0814. The second-order valence-electron chi connectivity index (χ2n) is 6.64. The highest BCUT2D eigenvalue weighted by atomic mass is 16.5. The van der Waals surface area contributed by atoms with Gasteiger partial charge in [0.15, 0.2) is 11.6 Å². The van der Waals surface area contributed by atoms with Crippen molar-refractivity contribution in [2.45, 2.75) is 26.8 Å². The summed E-state index contributed by atoms with van der Waals surface area (Å²) in [4.78, 5) is 18.7. The Labute approximate surface area is 151 Å². The zero-order valence-corrected chi connectivity index (χ0v) is 15.1. The third kappa shape index (κ3) is 2.75. The van der Waals surface area contributed by atoms with Gasteiger partial charge in [0, 0.05) is 38.1 Å². The van der Waals surface area contributed by atoms with Crippen molar-refractivity contribution >= 4 is 17.4 Å². The first kappa shape index (κ1) is 16.4. The van der Waals surface area contributed by atoms with Crippen LogP contribution in [0.15, 0.2) is 35.1 Å². The number of carbonyl (C=O) groups excluding carboxylic acids is 1. The standard InChI is InChI=1S/C19H21N5O2/c1-12-5-4-6-15(13(12)2)21-17-14-11-24(9-7-16(14)26-22-17)19(25)18-20-8-10-23(18)3/h4-6,8,10H,7,9,11H2,1-3H3,(H,21,22). The fourth-order valence-corrected chi connectivity index (χ4v) is 3.21. The normalized spacial score (nSPS) is 13.6. The summed E-state index contributed by atoms with van der Waals surface area (Å²) in [6.07, 6.45) is 4.05. The van der Waals surface area contributed by atoms with Crippen molar-refractivity contribution in [1.29, 1.82) is 0 Å². The number of nitrogens with zero attached hydrogens (tertiary/aromatic N) is 4. The van der Waals surface area contributed by atoms with Crippen molar-refractivity contribution in [3.05, 3.63) is 58.9 Å². The van der Waals surface area contributed by atoms with E-state index in [-0.39, 0.29) is 5.91 Å². The molecule has 26 heavy (non-hydrogen) atoms. The van der Waals surface area contributed by atoms with Crippen LogP contribution < -0.4 is 5.32 Å². The van der Waals surface area contributed by atoms with E-state index in [0.29, 0.717) is 31.2 Å². The molecular formula is C19H21N5O2. The largest absolute Gasteiger partial charge is 0.359 e. The molecule has 7 heteroatoms.